The Bertz CT molecular complexity index is 1560. The standard InChI is InChI=1S/C60H90O6/c1-4-7-10-13-16-19-22-25-27-29-31-32-35-38-41-44-47-50-53-59(62)65-56-57(55-64-58(61)52-49-46-43-40-37-34-24-21-18-15-12-9-6-3)66-60(63)54-51-48-45-42-39-36-33-30-28-26-23-20-17-14-11-8-5-2/h9-10,12-13,15-22,24-29,31-34,36-37,42,45,57H,4-8,11,14,23,30,35,38-41,43-44,46-56H2,1-3H3/b12-9+,13-10+,18-15+,19-16+,20-17+,24-21+,25-22+,28-26+,29-27+,32-31+,36-33+,37-34+,45-42+. The highest BCUT2D eigenvalue weighted by molar-refractivity contribution is 5.71. The summed E-state index contributed by atoms with van der Waals surface area (Å²) in [5.74, 6) is -1.07. The Hall–Kier alpha value is -4.97. The third-order valence-electron chi connectivity index (χ3n) is 9.94. The number of carbonyl (C=O) groups excluding carboxylic acids is 3. The molecule has 0 N–H and O–H groups in total. The van der Waals surface area contributed by atoms with Crippen LogP contribution in [0.2, 0.25) is 0 Å². The van der Waals surface area contributed by atoms with Gasteiger partial charge in [-0.1, -0.05) is 224 Å². The van der Waals surface area contributed by atoms with Gasteiger partial charge in [0, 0.05) is 19.3 Å². The zero-order valence-electron chi connectivity index (χ0n) is 41.6. The highest BCUT2D eigenvalue weighted by atomic mass is 16.6. The van der Waals surface area contributed by atoms with Crippen LogP contribution in [0.25, 0.3) is 0 Å². The average Bonchev–Trinajstić information content (AvgIpc) is 3.31. The lowest BCUT2D eigenvalue weighted by molar-refractivity contribution is -0.167. The van der Waals surface area contributed by atoms with E-state index in [2.05, 4.69) is 106 Å². The first kappa shape index (κ1) is 61.0. The fourth-order valence-electron chi connectivity index (χ4n) is 6.12. The molecule has 6 heteroatoms. The maximum Gasteiger partial charge on any atom is 0.306 e. The van der Waals surface area contributed by atoms with E-state index in [-0.39, 0.29) is 38.0 Å². The van der Waals surface area contributed by atoms with E-state index in [9.17, 15) is 14.4 Å². The van der Waals surface area contributed by atoms with E-state index in [1.54, 1.807) is 0 Å². The van der Waals surface area contributed by atoms with Gasteiger partial charge in [0.2, 0.25) is 0 Å². The first-order valence-electron chi connectivity index (χ1n) is 25.6. The Morgan fingerprint density at radius 2 is 0.697 bits per heavy atom. The van der Waals surface area contributed by atoms with Crippen molar-refractivity contribution in [2.24, 2.45) is 0 Å². The quantitative estimate of drug-likeness (QED) is 0.0199. The van der Waals surface area contributed by atoms with Crippen LogP contribution in [0.3, 0.4) is 0 Å². The van der Waals surface area contributed by atoms with Crippen LogP contribution in [0.1, 0.15) is 181 Å². The van der Waals surface area contributed by atoms with Crippen LogP contribution in [-0.2, 0) is 28.6 Å². The molecule has 0 aromatic carbocycles. The van der Waals surface area contributed by atoms with E-state index in [4.69, 9.17) is 14.2 Å². The summed E-state index contributed by atoms with van der Waals surface area (Å²) in [5.41, 5.74) is 0. The largest absolute Gasteiger partial charge is 0.462 e. The molecule has 1 unspecified atom stereocenters. The summed E-state index contributed by atoms with van der Waals surface area (Å²) >= 11 is 0. The summed E-state index contributed by atoms with van der Waals surface area (Å²) in [7, 11) is 0. The van der Waals surface area contributed by atoms with E-state index < -0.39 is 12.1 Å². The average molecular weight is 907 g/mol. The number of rotatable bonds is 43. The van der Waals surface area contributed by atoms with Gasteiger partial charge in [-0.2, -0.15) is 0 Å². The van der Waals surface area contributed by atoms with Gasteiger partial charge in [0.15, 0.2) is 6.10 Å². The molecule has 6 nitrogen and oxygen atoms in total. The lowest BCUT2D eigenvalue weighted by Crippen LogP contribution is -2.30. The van der Waals surface area contributed by atoms with Crippen molar-refractivity contribution in [3.8, 4) is 0 Å². The van der Waals surface area contributed by atoms with Crippen molar-refractivity contribution in [3.63, 3.8) is 0 Å². The minimum Gasteiger partial charge on any atom is -0.462 e. The van der Waals surface area contributed by atoms with Crippen LogP contribution >= 0.6 is 0 Å². The number of carbonyl (C=O) groups is 3. The third kappa shape index (κ3) is 50.0. The number of allylic oxidation sites excluding steroid dienone is 26. The van der Waals surface area contributed by atoms with Gasteiger partial charge in [-0.15, -0.1) is 0 Å². The summed E-state index contributed by atoms with van der Waals surface area (Å²) in [6, 6.07) is 0. The molecule has 0 radical (unpaired) electrons. The predicted octanol–water partition coefficient (Wildman–Crippen LogP) is 17.0. The highest BCUT2D eigenvalue weighted by Gasteiger charge is 2.19. The SMILES string of the molecule is CC/C=C/C=C/C=C/C=C/CCCCCC(=O)OCC(COC(=O)CCCCCCC/C=C/C=C/C=C/C=C/C=C/CCC)OC(=O)CCC/C=C/C/C=C/C/C=C/C/C=C/CCCCC. The van der Waals surface area contributed by atoms with Crippen LogP contribution in [0.15, 0.2) is 158 Å². The molecule has 0 aliphatic carbocycles. The van der Waals surface area contributed by atoms with Gasteiger partial charge in [0.1, 0.15) is 13.2 Å². The van der Waals surface area contributed by atoms with Crippen molar-refractivity contribution in [3.05, 3.63) is 158 Å². The normalized spacial score (nSPS) is 13.4. The van der Waals surface area contributed by atoms with Crippen molar-refractivity contribution in [2.75, 3.05) is 13.2 Å². The summed E-state index contributed by atoms with van der Waals surface area (Å²) in [5, 5.41) is 0. The van der Waals surface area contributed by atoms with E-state index in [0.29, 0.717) is 19.3 Å². The predicted molar refractivity (Wildman–Crippen MR) is 283 cm³/mol. The van der Waals surface area contributed by atoms with Crippen molar-refractivity contribution >= 4 is 17.9 Å². The number of ether oxygens (including phenoxy) is 3. The second-order valence-corrected chi connectivity index (χ2v) is 16.2. The van der Waals surface area contributed by atoms with Gasteiger partial charge in [0.05, 0.1) is 0 Å². The molecule has 0 bridgehead atoms. The smallest absolute Gasteiger partial charge is 0.306 e. The molecule has 0 aromatic heterocycles. The maximum atomic E-state index is 12.8. The molecule has 366 valence electrons. The molecular weight excluding hydrogens is 817 g/mol. The van der Waals surface area contributed by atoms with E-state index >= 15 is 0 Å². The fraction of sp³-hybridized carbons (Fsp3) is 0.517. The van der Waals surface area contributed by atoms with Gasteiger partial charge in [-0.05, 0) is 96.3 Å². The van der Waals surface area contributed by atoms with Gasteiger partial charge >= 0.3 is 17.9 Å². The second kappa shape index (κ2) is 52.7. The number of hydrogen-bond acceptors (Lipinski definition) is 6. The molecule has 0 spiro atoms. The highest BCUT2D eigenvalue weighted by Crippen LogP contribution is 2.11. The first-order valence-corrected chi connectivity index (χ1v) is 25.6. The molecule has 0 rings (SSSR count). The molecule has 0 saturated carbocycles. The fourth-order valence-corrected chi connectivity index (χ4v) is 6.12. The van der Waals surface area contributed by atoms with Crippen molar-refractivity contribution in [2.45, 2.75) is 187 Å². The topological polar surface area (TPSA) is 78.9 Å². The van der Waals surface area contributed by atoms with Gasteiger partial charge in [-0.3, -0.25) is 14.4 Å². The third-order valence-corrected chi connectivity index (χ3v) is 9.94. The molecule has 0 fully saturated rings. The van der Waals surface area contributed by atoms with Crippen molar-refractivity contribution in [1.82, 2.24) is 0 Å². The lowest BCUT2D eigenvalue weighted by atomic mass is 10.1. The minimum atomic E-state index is -0.842. The second-order valence-electron chi connectivity index (χ2n) is 16.2. The number of unbranched alkanes of at least 4 members (excludes halogenated alkanes) is 13. The molecule has 66 heavy (non-hydrogen) atoms. The molecule has 0 amide bonds. The van der Waals surface area contributed by atoms with Crippen molar-refractivity contribution < 1.29 is 28.6 Å². The summed E-state index contributed by atoms with van der Waals surface area (Å²) in [6.07, 6.45) is 76.5. The molecule has 0 saturated heterocycles. The molecule has 0 aliphatic rings. The summed E-state index contributed by atoms with van der Waals surface area (Å²) in [6.45, 7) is 6.24. The Labute approximate surface area is 403 Å². The Balaban J connectivity index is 4.63. The molecular formula is C60H90O6. The maximum absolute atomic E-state index is 12.8. The van der Waals surface area contributed by atoms with Gasteiger partial charge < -0.3 is 14.2 Å². The molecule has 0 aliphatic heterocycles. The van der Waals surface area contributed by atoms with E-state index in [1.165, 1.54) is 32.1 Å². The van der Waals surface area contributed by atoms with Crippen LogP contribution in [0.5, 0.6) is 0 Å². The summed E-state index contributed by atoms with van der Waals surface area (Å²) in [4.78, 5) is 38.0. The van der Waals surface area contributed by atoms with Crippen LogP contribution in [-0.4, -0.2) is 37.2 Å². The lowest BCUT2D eigenvalue weighted by Gasteiger charge is -2.18. The molecule has 1 atom stereocenters. The Morgan fingerprint density at radius 1 is 0.333 bits per heavy atom. The van der Waals surface area contributed by atoms with E-state index in [0.717, 1.165) is 96.3 Å². The number of hydrogen-bond donors (Lipinski definition) is 0. The van der Waals surface area contributed by atoms with Crippen LogP contribution in [0, 0.1) is 0 Å². The Morgan fingerprint density at radius 3 is 1.18 bits per heavy atom. The summed E-state index contributed by atoms with van der Waals surface area (Å²) < 4.78 is 16.7. The zero-order chi connectivity index (χ0) is 47.9. The molecule has 0 aromatic rings. The number of esters is 3. The Kier molecular flexibility index (Phi) is 48.7. The van der Waals surface area contributed by atoms with Gasteiger partial charge in [-0.25, -0.2) is 0 Å². The van der Waals surface area contributed by atoms with Gasteiger partial charge in [0.25, 0.3) is 0 Å². The molecule has 0 heterocycles. The monoisotopic (exact) mass is 907 g/mol. The van der Waals surface area contributed by atoms with Crippen LogP contribution < -0.4 is 0 Å². The van der Waals surface area contributed by atoms with Crippen molar-refractivity contribution in [1.29, 1.82) is 0 Å². The first-order chi connectivity index (χ1) is 32.5. The zero-order valence-corrected chi connectivity index (χ0v) is 41.6. The minimum absolute atomic E-state index is 0.134. The van der Waals surface area contributed by atoms with E-state index in [1.807, 2.05) is 72.9 Å². The van der Waals surface area contributed by atoms with Crippen LogP contribution in [0.4, 0.5) is 0 Å².